The number of hydrogen-bond acceptors (Lipinski definition) is 4. The first-order valence-corrected chi connectivity index (χ1v) is 4.82. The van der Waals surface area contributed by atoms with Crippen molar-refractivity contribution in [2.24, 2.45) is 0 Å². The van der Waals surface area contributed by atoms with Crippen LogP contribution in [0.5, 0.6) is 0 Å². The van der Waals surface area contributed by atoms with Crippen LogP contribution in [0, 0.1) is 0 Å². The Labute approximate surface area is 83.9 Å². The Morgan fingerprint density at radius 3 is 2.54 bits per heavy atom. The Kier molecular flexibility index (Phi) is 6.62. The van der Waals surface area contributed by atoms with Crippen LogP contribution in [0.1, 0.15) is 13.8 Å². The van der Waals surface area contributed by atoms with Crippen molar-refractivity contribution in [3.8, 4) is 0 Å². The molecule has 0 bridgehead atoms. The van der Waals surface area contributed by atoms with Crippen LogP contribution in [-0.2, 0) is 9.59 Å². The summed E-state index contributed by atoms with van der Waals surface area (Å²) >= 11 is 3.91. The van der Waals surface area contributed by atoms with Crippen molar-refractivity contribution in [2.45, 2.75) is 25.9 Å². The Morgan fingerprint density at radius 2 is 2.15 bits per heavy atom. The fourth-order valence-corrected chi connectivity index (χ4v) is 0.855. The molecule has 1 amide bonds. The molecule has 0 radical (unpaired) electrons. The van der Waals surface area contributed by atoms with Gasteiger partial charge in [-0.3, -0.25) is 4.79 Å². The predicted octanol–water partition coefficient (Wildman–Crippen LogP) is -0.402. The summed E-state index contributed by atoms with van der Waals surface area (Å²) < 4.78 is 0. The highest BCUT2D eigenvalue weighted by Gasteiger charge is 2.08. The highest BCUT2D eigenvalue weighted by Crippen LogP contribution is 1.83. The van der Waals surface area contributed by atoms with Gasteiger partial charge >= 0.3 is 0 Å². The average Bonchev–Trinajstić information content (AvgIpc) is 2.10. The van der Waals surface area contributed by atoms with Crippen molar-refractivity contribution < 1.29 is 9.59 Å². The Hall–Kier alpha value is -0.550. The Morgan fingerprint density at radius 1 is 1.54 bits per heavy atom. The van der Waals surface area contributed by atoms with Crippen molar-refractivity contribution >= 4 is 24.8 Å². The van der Waals surface area contributed by atoms with Gasteiger partial charge in [0.15, 0.2) is 0 Å². The zero-order valence-corrected chi connectivity index (χ0v) is 8.80. The van der Waals surface area contributed by atoms with E-state index in [1.807, 2.05) is 13.8 Å². The van der Waals surface area contributed by atoms with Crippen molar-refractivity contribution in [1.29, 1.82) is 0 Å². The minimum absolute atomic E-state index is 0.181. The van der Waals surface area contributed by atoms with Gasteiger partial charge in [-0.25, -0.2) is 0 Å². The Bertz CT molecular complexity index is 174. The summed E-state index contributed by atoms with van der Waals surface area (Å²) in [5, 5.41) is 5.47. The van der Waals surface area contributed by atoms with Crippen molar-refractivity contribution in [1.82, 2.24) is 10.6 Å². The molecule has 0 fully saturated rings. The van der Waals surface area contributed by atoms with Crippen LogP contribution < -0.4 is 10.6 Å². The maximum atomic E-state index is 11.1. The van der Waals surface area contributed by atoms with Gasteiger partial charge in [-0.15, -0.1) is 0 Å². The third-order valence-electron chi connectivity index (χ3n) is 1.38. The van der Waals surface area contributed by atoms with E-state index < -0.39 is 6.04 Å². The molecule has 2 N–H and O–H groups in total. The number of hydrogen-bond donors (Lipinski definition) is 3. The molecule has 0 aliphatic rings. The summed E-state index contributed by atoms with van der Waals surface area (Å²) in [6, 6.07) is -0.221. The topological polar surface area (TPSA) is 58.2 Å². The maximum Gasteiger partial charge on any atom is 0.234 e. The van der Waals surface area contributed by atoms with Crippen LogP contribution in [0.2, 0.25) is 0 Å². The lowest BCUT2D eigenvalue weighted by atomic mass is 10.3. The minimum Gasteiger partial charge on any atom is -0.345 e. The number of thiol groups is 1. The van der Waals surface area contributed by atoms with Gasteiger partial charge in [0.1, 0.15) is 6.29 Å². The molecule has 0 saturated carbocycles. The lowest BCUT2D eigenvalue weighted by Gasteiger charge is -2.11. The van der Waals surface area contributed by atoms with E-state index in [0.717, 1.165) is 0 Å². The number of amides is 1. The standard InChI is InChI=1S/C8H16N2O2S/c1-6(2)9-3-8(12)10-7(4-11)5-13/h4,6-7,9,13H,3,5H2,1-2H3,(H,10,12)/t7-/m1/s1. The summed E-state index contributed by atoms with van der Waals surface area (Å²) in [7, 11) is 0. The van der Waals surface area contributed by atoms with Crippen LogP contribution in [0.3, 0.4) is 0 Å². The second kappa shape index (κ2) is 6.91. The van der Waals surface area contributed by atoms with E-state index in [9.17, 15) is 9.59 Å². The fraction of sp³-hybridized carbons (Fsp3) is 0.750. The number of carbonyl (C=O) groups excluding carboxylic acids is 2. The lowest BCUT2D eigenvalue weighted by Crippen LogP contribution is -2.43. The molecule has 13 heavy (non-hydrogen) atoms. The molecule has 0 heterocycles. The van der Waals surface area contributed by atoms with E-state index in [0.29, 0.717) is 12.0 Å². The molecule has 0 saturated heterocycles. The molecule has 0 aromatic carbocycles. The molecule has 5 heteroatoms. The van der Waals surface area contributed by atoms with Crippen LogP contribution >= 0.6 is 12.6 Å². The van der Waals surface area contributed by atoms with Gasteiger partial charge in [0.2, 0.25) is 5.91 Å². The van der Waals surface area contributed by atoms with Gasteiger partial charge in [-0.05, 0) is 0 Å². The van der Waals surface area contributed by atoms with Gasteiger partial charge < -0.3 is 15.4 Å². The average molecular weight is 204 g/mol. The normalized spacial score (nSPS) is 12.6. The molecular weight excluding hydrogens is 188 g/mol. The van der Waals surface area contributed by atoms with Gasteiger partial charge in [-0.1, -0.05) is 13.8 Å². The highest BCUT2D eigenvalue weighted by atomic mass is 32.1. The minimum atomic E-state index is -0.482. The molecule has 0 aromatic heterocycles. The molecule has 0 rings (SSSR count). The van der Waals surface area contributed by atoms with E-state index >= 15 is 0 Å². The maximum absolute atomic E-state index is 11.1. The molecule has 0 spiro atoms. The van der Waals surface area contributed by atoms with Gasteiger partial charge in [0.05, 0.1) is 12.6 Å². The van der Waals surface area contributed by atoms with Crippen molar-refractivity contribution in [3.63, 3.8) is 0 Å². The molecule has 76 valence electrons. The monoisotopic (exact) mass is 204 g/mol. The van der Waals surface area contributed by atoms with Crippen LogP contribution in [0.4, 0.5) is 0 Å². The SMILES string of the molecule is CC(C)NCC(=O)N[C@H](C=O)CS. The summed E-state index contributed by atoms with van der Waals surface area (Å²) in [4.78, 5) is 21.4. The first kappa shape index (κ1) is 12.4. The molecule has 0 aromatic rings. The quantitative estimate of drug-likeness (QED) is 0.407. The van der Waals surface area contributed by atoms with Gasteiger partial charge in [0.25, 0.3) is 0 Å². The summed E-state index contributed by atoms with van der Waals surface area (Å²) in [6.45, 7) is 4.13. The molecule has 4 nitrogen and oxygen atoms in total. The number of rotatable bonds is 6. The predicted molar refractivity (Wildman–Crippen MR) is 55.0 cm³/mol. The Balaban J connectivity index is 3.66. The van der Waals surface area contributed by atoms with E-state index in [-0.39, 0.29) is 18.5 Å². The zero-order chi connectivity index (χ0) is 10.3. The molecular formula is C8H16N2O2S. The van der Waals surface area contributed by atoms with Crippen molar-refractivity contribution in [2.75, 3.05) is 12.3 Å². The smallest absolute Gasteiger partial charge is 0.234 e. The zero-order valence-electron chi connectivity index (χ0n) is 7.91. The van der Waals surface area contributed by atoms with Crippen LogP contribution in [0.15, 0.2) is 0 Å². The largest absolute Gasteiger partial charge is 0.345 e. The highest BCUT2D eigenvalue weighted by molar-refractivity contribution is 7.80. The van der Waals surface area contributed by atoms with E-state index in [1.165, 1.54) is 0 Å². The number of aldehydes is 1. The molecule has 0 aliphatic heterocycles. The third-order valence-corrected chi connectivity index (χ3v) is 1.77. The summed E-state index contributed by atoms with van der Waals surface area (Å²) in [5.74, 6) is 0.150. The van der Waals surface area contributed by atoms with E-state index in [1.54, 1.807) is 0 Å². The van der Waals surface area contributed by atoms with Crippen LogP contribution in [0.25, 0.3) is 0 Å². The lowest BCUT2D eigenvalue weighted by molar-refractivity contribution is -0.123. The first-order valence-electron chi connectivity index (χ1n) is 4.19. The second-order valence-corrected chi connectivity index (χ2v) is 3.39. The number of nitrogens with one attached hydrogen (secondary N) is 2. The molecule has 0 unspecified atom stereocenters. The molecule has 1 atom stereocenters. The van der Waals surface area contributed by atoms with E-state index in [4.69, 9.17) is 0 Å². The van der Waals surface area contributed by atoms with Gasteiger partial charge in [0, 0.05) is 11.8 Å². The van der Waals surface area contributed by atoms with E-state index in [2.05, 4.69) is 23.3 Å². The second-order valence-electron chi connectivity index (χ2n) is 3.03. The number of carbonyl (C=O) groups is 2. The summed E-state index contributed by atoms with van der Waals surface area (Å²) in [6.07, 6.45) is 0.681. The first-order chi connectivity index (χ1) is 6.10. The van der Waals surface area contributed by atoms with Crippen molar-refractivity contribution in [3.05, 3.63) is 0 Å². The third kappa shape index (κ3) is 6.60. The molecule has 0 aliphatic carbocycles. The fourth-order valence-electron chi connectivity index (χ4n) is 0.677. The summed E-state index contributed by atoms with van der Waals surface area (Å²) in [5.41, 5.74) is 0. The van der Waals surface area contributed by atoms with Gasteiger partial charge in [-0.2, -0.15) is 12.6 Å². The van der Waals surface area contributed by atoms with Crippen LogP contribution in [-0.4, -0.2) is 36.6 Å².